The molecule has 14 heavy (non-hydrogen) atoms. The van der Waals surface area contributed by atoms with Crippen LogP contribution in [0.4, 0.5) is 0 Å². The molecule has 0 aromatic carbocycles. The maximum Gasteiger partial charge on any atom is 0.317 e. The van der Waals surface area contributed by atoms with E-state index in [0.29, 0.717) is 6.04 Å². The molecule has 0 spiro atoms. The Morgan fingerprint density at radius 1 is 1.50 bits per heavy atom. The minimum absolute atomic E-state index is 0.176. The highest BCUT2D eigenvalue weighted by Crippen LogP contribution is 2.23. The Morgan fingerprint density at radius 2 is 2.14 bits per heavy atom. The number of nitrogens with zero attached hydrogens (tertiary/aromatic N) is 1. The molecule has 80 valence electrons. The number of hydrogen-bond donors (Lipinski definition) is 1. The van der Waals surface area contributed by atoms with Crippen LogP contribution in [0.25, 0.3) is 0 Å². The van der Waals surface area contributed by atoms with E-state index in [1.54, 1.807) is 0 Å². The van der Waals surface area contributed by atoms with Gasteiger partial charge in [0.1, 0.15) is 0 Å². The number of allylic oxidation sites excluding steroid dienone is 1. The lowest BCUT2D eigenvalue weighted by Gasteiger charge is -2.25. The molecular formula is C11H19NO2. The number of carboxylic acids is 1. The fraction of sp³-hybridized carbons (Fsp3) is 0.727. The summed E-state index contributed by atoms with van der Waals surface area (Å²) in [4.78, 5) is 12.7. The zero-order valence-electron chi connectivity index (χ0n) is 8.78. The maximum atomic E-state index is 10.7. The number of rotatable bonds is 5. The lowest BCUT2D eigenvalue weighted by Crippen LogP contribution is -2.37. The van der Waals surface area contributed by atoms with Crippen LogP contribution in [-0.2, 0) is 4.79 Å². The van der Waals surface area contributed by atoms with E-state index in [9.17, 15) is 4.79 Å². The standard InChI is InChI=1S/C11H19NO2/c1-2-3-8-12(9-11(13)14)10-6-4-5-7-10/h2-3,10H,4-9H2,1H3,(H,13,14)/b3-2+. The van der Waals surface area contributed by atoms with Crippen molar-refractivity contribution >= 4 is 5.97 Å². The van der Waals surface area contributed by atoms with E-state index in [1.165, 1.54) is 12.8 Å². The third-order valence-corrected chi connectivity index (χ3v) is 2.76. The summed E-state index contributed by atoms with van der Waals surface area (Å²) in [6.07, 6.45) is 8.81. The number of hydrogen-bond acceptors (Lipinski definition) is 2. The van der Waals surface area contributed by atoms with Gasteiger partial charge in [-0.2, -0.15) is 0 Å². The molecule has 3 heteroatoms. The summed E-state index contributed by atoms with van der Waals surface area (Å²) >= 11 is 0. The molecule has 0 aromatic heterocycles. The fourth-order valence-corrected chi connectivity index (χ4v) is 2.03. The average molecular weight is 197 g/mol. The van der Waals surface area contributed by atoms with Gasteiger partial charge in [0.25, 0.3) is 0 Å². The fourth-order valence-electron chi connectivity index (χ4n) is 2.03. The summed E-state index contributed by atoms with van der Waals surface area (Å²) in [5, 5.41) is 8.78. The summed E-state index contributed by atoms with van der Waals surface area (Å²) in [7, 11) is 0. The van der Waals surface area contributed by atoms with Crippen molar-refractivity contribution < 1.29 is 9.90 Å². The Labute approximate surface area is 85.4 Å². The quantitative estimate of drug-likeness (QED) is 0.684. The first kappa shape index (κ1) is 11.2. The number of carbonyl (C=O) groups is 1. The second-order valence-corrected chi connectivity index (χ2v) is 3.83. The molecule has 0 unspecified atom stereocenters. The first-order valence-electron chi connectivity index (χ1n) is 5.31. The predicted molar refractivity (Wildman–Crippen MR) is 56.3 cm³/mol. The topological polar surface area (TPSA) is 40.5 Å². The van der Waals surface area contributed by atoms with E-state index >= 15 is 0 Å². The molecule has 1 aliphatic carbocycles. The van der Waals surface area contributed by atoms with Gasteiger partial charge in [-0.1, -0.05) is 25.0 Å². The highest BCUT2D eigenvalue weighted by atomic mass is 16.4. The second kappa shape index (κ2) is 5.81. The summed E-state index contributed by atoms with van der Waals surface area (Å²) in [6.45, 7) is 2.91. The van der Waals surface area contributed by atoms with Crippen molar-refractivity contribution in [2.75, 3.05) is 13.1 Å². The molecule has 0 amide bonds. The summed E-state index contributed by atoms with van der Waals surface area (Å²) in [6, 6.07) is 0.488. The third kappa shape index (κ3) is 3.50. The molecule has 1 saturated carbocycles. The normalized spacial score (nSPS) is 18.4. The molecule has 0 heterocycles. The van der Waals surface area contributed by atoms with Gasteiger partial charge in [0.15, 0.2) is 0 Å². The van der Waals surface area contributed by atoms with Gasteiger partial charge in [-0.25, -0.2) is 0 Å². The van der Waals surface area contributed by atoms with Gasteiger partial charge in [0, 0.05) is 12.6 Å². The van der Waals surface area contributed by atoms with Gasteiger partial charge in [-0.3, -0.25) is 9.69 Å². The van der Waals surface area contributed by atoms with Crippen molar-refractivity contribution in [1.29, 1.82) is 0 Å². The largest absolute Gasteiger partial charge is 0.480 e. The molecular weight excluding hydrogens is 178 g/mol. The van der Waals surface area contributed by atoms with E-state index < -0.39 is 5.97 Å². The highest BCUT2D eigenvalue weighted by molar-refractivity contribution is 5.69. The maximum absolute atomic E-state index is 10.7. The van der Waals surface area contributed by atoms with Gasteiger partial charge in [0.05, 0.1) is 6.54 Å². The second-order valence-electron chi connectivity index (χ2n) is 3.83. The van der Waals surface area contributed by atoms with Gasteiger partial charge in [-0.15, -0.1) is 0 Å². The van der Waals surface area contributed by atoms with Crippen molar-refractivity contribution in [2.24, 2.45) is 0 Å². The van der Waals surface area contributed by atoms with Crippen LogP contribution in [-0.4, -0.2) is 35.1 Å². The van der Waals surface area contributed by atoms with Crippen LogP contribution in [0.3, 0.4) is 0 Å². The summed E-state index contributed by atoms with van der Waals surface area (Å²) < 4.78 is 0. The van der Waals surface area contributed by atoms with Crippen molar-refractivity contribution in [1.82, 2.24) is 4.90 Å². The Kier molecular flexibility index (Phi) is 4.66. The molecule has 0 radical (unpaired) electrons. The molecule has 0 aromatic rings. The van der Waals surface area contributed by atoms with Crippen LogP contribution < -0.4 is 0 Å². The van der Waals surface area contributed by atoms with Crippen molar-refractivity contribution in [3.63, 3.8) is 0 Å². The van der Waals surface area contributed by atoms with Crippen LogP contribution in [0.15, 0.2) is 12.2 Å². The average Bonchev–Trinajstić information content (AvgIpc) is 2.64. The first-order chi connectivity index (χ1) is 6.74. The lowest BCUT2D eigenvalue weighted by atomic mass is 10.2. The van der Waals surface area contributed by atoms with Gasteiger partial charge in [0.2, 0.25) is 0 Å². The third-order valence-electron chi connectivity index (χ3n) is 2.76. The van der Waals surface area contributed by atoms with E-state index in [-0.39, 0.29) is 6.54 Å². The van der Waals surface area contributed by atoms with E-state index in [2.05, 4.69) is 4.90 Å². The van der Waals surface area contributed by atoms with Crippen LogP contribution in [0, 0.1) is 0 Å². The Morgan fingerprint density at radius 3 is 2.64 bits per heavy atom. The predicted octanol–water partition coefficient (Wildman–Crippen LogP) is 1.89. The van der Waals surface area contributed by atoms with Crippen molar-refractivity contribution in [2.45, 2.75) is 38.6 Å². The van der Waals surface area contributed by atoms with Crippen LogP contribution >= 0.6 is 0 Å². The zero-order chi connectivity index (χ0) is 10.4. The summed E-state index contributed by atoms with van der Waals surface area (Å²) in [5.41, 5.74) is 0. The molecule has 0 aliphatic heterocycles. The monoisotopic (exact) mass is 197 g/mol. The van der Waals surface area contributed by atoms with Gasteiger partial charge < -0.3 is 5.11 Å². The molecule has 1 rings (SSSR count). The van der Waals surface area contributed by atoms with E-state index in [0.717, 1.165) is 19.4 Å². The number of aliphatic carboxylic acids is 1. The summed E-state index contributed by atoms with van der Waals surface area (Å²) in [5.74, 6) is -0.721. The Balaban J connectivity index is 2.45. The van der Waals surface area contributed by atoms with Gasteiger partial charge in [-0.05, 0) is 19.8 Å². The van der Waals surface area contributed by atoms with Crippen molar-refractivity contribution in [3.05, 3.63) is 12.2 Å². The molecule has 0 atom stereocenters. The van der Waals surface area contributed by atoms with E-state index in [1.807, 2.05) is 19.1 Å². The molecule has 0 bridgehead atoms. The first-order valence-corrected chi connectivity index (χ1v) is 5.31. The Bertz CT molecular complexity index is 207. The van der Waals surface area contributed by atoms with Crippen LogP contribution in [0.5, 0.6) is 0 Å². The zero-order valence-corrected chi connectivity index (χ0v) is 8.78. The minimum atomic E-state index is -0.721. The molecule has 1 fully saturated rings. The minimum Gasteiger partial charge on any atom is -0.480 e. The molecule has 0 saturated heterocycles. The Hall–Kier alpha value is -0.830. The van der Waals surface area contributed by atoms with Crippen LogP contribution in [0.2, 0.25) is 0 Å². The molecule has 3 nitrogen and oxygen atoms in total. The number of carboxylic acid groups (broad SMARTS) is 1. The molecule has 1 N–H and O–H groups in total. The SMILES string of the molecule is C/C=C/CN(CC(=O)O)C1CCCC1. The van der Waals surface area contributed by atoms with Crippen LogP contribution in [0.1, 0.15) is 32.6 Å². The van der Waals surface area contributed by atoms with Gasteiger partial charge >= 0.3 is 5.97 Å². The lowest BCUT2D eigenvalue weighted by molar-refractivity contribution is -0.138. The van der Waals surface area contributed by atoms with E-state index in [4.69, 9.17) is 5.11 Å². The van der Waals surface area contributed by atoms with Crippen molar-refractivity contribution in [3.8, 4) is 0 Å². The smallest absolute Gasteiger partial charge is 0.317 e. The molecule has 1 aliphatic rings. The highest BCUT2D eigenvalue weighted by Gasteiger charge is 2.22.